The molecule has 0 aliphatic carbocycles. The number of benzene rings is 1. The van der Waals surface area contributed by atoms with Crippen molar-refractivity contribution in [3.8, 4) is 0 Å². The number of H-pyrrole nitrogens is 1. The van der Waals surface area contributed by atoms with Gasteiger partial charge in [-0.25, -0.2) is 9.78 Å². The van der Waals surface area contributed by atoms with E-state index in [1.807, 2.05) is 0 Å². The molecule has 0 saturated carbocycles. The molecule has 1 heterocycles. The highest BCUT2D eigenvalue weighted by atomic mass is 32.2. The number of nitro groups is 1. The maximum atomic E-state index is 11.5. The first-order valence-electron chi connectivity index (χ1n) is 5.45. The van der Waals surface area contributed by atoms with E-state index in [9.17, 15) is 14.9 Å². The van der Waals surface area contributed by atoms with E-state index in [-0.39, 0.29) is 16.1 Å². The van der Waals surface area contributed by atoms with Crippen molar-refractivity contribution in [3.05, 3.63) is 39.7 Å². The topological polar surface area (TPSA) is 111 Å². The van der Waals surface area contributed by atoms with E-state index in [0.29, 0.717) is 11.0 Å². The zero-order chi connectivity index (χ0) is 14.7. The number of nitro benzene ring substituents is 1. The number of aryl methyl sites for hydroxylation is 1. The molecule has 8 nitrogen and oxygen atoms in total. The summed E-state index contributed by atoms with van der Waals surface area (Å²) in [7, 11) is 1.25. The van der Waals surface area contributed by atoms with E-state index in [2.05, 4.69) is 19.9 Å². The van der Waals surface area contributed by atoms with Gasteiger partial charge in [0.15, 0.2) is 0 Å². The first-order chi connectivity index (χ1) is 9.51. The van der Waals surface area contributed by atoms with Gasteiger partial charge in [0, 0.05) is 6.07 Å². The van der Waals surface area contributed by atoms with Crippen molar-refractivity contribution in [1.29, 1.82) is 0 Å². The Morgan fingerprint density at radius 3 is 2.80 bits per heavy atom. The molecule has 0 atom stereocenters. The lowest BCUT2D eigenvalue weighted by Gasteiger charge is -2.03. The Morgan fingerprint density at radius 1 is 1.50 bits per heavy atom. The Morgan fingerprint density at radius 2 is 2.25 bits per heavy atom. The molecule has 2 rings (SSSR count). The van der Waals surface area contributed by atoms with Crippen molar-refractivity contribution in [3.63, 3.8) is 0 Å². The summed E-state index contributed by atoms with van der Waals surface area (Å²) in [6.07, 6.45) is 0. The van der Waals surface area contributed by atoms with Crippen LogP contribution in [0.2, 0.25) is 0 Å². The van der Waals surface area contributed by atoms with Crippen LogP contribution in [0.3, 0.4) is 0 Å². The lowest BCUT2D eigenvalue weighted by atomic mass is 10.2. The number of ether oxygens (including phenoxy) is 1. The third kappa shape index (κ3) is 2.94. The SMILES string of the molecule is COC(=O)c1ccc([N+](=O)[O-])c(Sc2n[nH]c(C)n2)c1. The molecule has 0 aliphatic rings. The van der Waals surface area contributed by atoms with E-state index in [1.165, 1.54) is 25.3 Å². The van der Waals surface area contributed by atoms with Gasteiger partial charge in [0.25, 0.3) is 5.69 Å². The normalized spacial score (nSPS) is 10.3. The smallest absolute Gasteiger partial charge is 0.337 e. The molecule has 9 heteroatoms. The van der Waals surface area contributed by atoms with Gasteiger partial charge in [-0.05, 0) is 30.8 Å². The van der Waals surface area contributed by atoms with Gasteiger partial charge >= 0.3 is 5.97 Å². The number of carbonyl (C=O) groups excluding carboxylic acids is 1. The molecule has 1 aromatic heterocycles. The molecule has 1 aromatic carbocycles. The van der Waals surface area contributed by atoms with E-state index in [4.69, 9.17) is 0 Å². The van der Waals surface area contributed by atoms with Crippen molar-refractivity contribution < 1.29 is 14.5 Å². The molecular formula is C11H10N4O4S. The van der Waals surface area contributed by atoms with E-state index in [0.717, 1.165) is 11.8 Å². The molecule has 2 aromatic rings. The van der Waals surface area contributed by atoms with E-state index >= 15 is 0 Å². The lowest BCUT2D eigenvalue weighted by Crippen LogP contribution is -2.02. The monoisotopic (exact) mass is 294 g/mol. The molecule has 0 radical (unpaired) electrons. The third-order valence-corrected chi connectivity index (χ3v) is 3.27. The Kier molecular flexibility index (Phi) is 3.99. The first kappa shape index (κ1) is 14.0. The average Bonchev–Trinajstić information content (AvgIpc) is 2.82. The van der Waals surface area contributed by atoms with Gasteiger partial charge < -0.3 is 4.74 Å². The number of hydrogen-bond acceptors (Lipinski definition) is 7. The highest BCUT2D eigenvalue weighted by molar-refractivity contribution is 7.99. The molecule has 20 heavy (non-hydrogen) atoms. The van der Waals surface area contributed by atoms with Crippen molar-refractivity contribution in [2.75, 3.05) is 7.11 Å². The van der Waals surface area contributed by atoms with Gasteiger partial charge in [-0.1, -0.05) is 0 Å². The zero-order valence-corrected chi connectivity index (χ0v) is 11.4. The van der Waals surface area contributed by atoms with Crippen LogP contribution in [0.4, 0.5) is 5.69 Å². The number of nitrogens with one attached hydrogen (secondary N) is 1. The fourth-order valence-corrected chi connectivity index (χ4v) is 2.36. The second-order valence-electron chi connectivity index (χ2n) is 3.74. The van der Waals surface area contributed by atoms with Gasteiger partial charge in [0.05, 0.1) is 22.5 Å². The second-order valence-corrected chi connectivity index (χ2v) is 4.75. The first-order valence-corrected chi connectivity index (χ1v) is 6.26. The summed E-state index contributed by atoms with van der Waals surface area (Å²) >= 11 is 1.00. The van der Waals surface area contributed by atoms with Crippen molar-refractivity contribution in [2.45, 2.75) is 17.0 Å². The standard InChI is InChI=1S/C11H10N4O4S/c1-6-12-11(14-13-6)20-9-5-7(10(16)19-2)3-4-8(9)15(17)18/h3-5H,1-2H3,(H,12,13,14). The number of methoxy groups -OCH3 is 1. The largest absolute Gasteiger partial charge is 0.465 e. The van der Waals surface area contributed by atoms with E-state index < -0.39 is 10.9 Å². The predicted molar refractivity (Wildman–Crippen MR) is 69.7 cm³/mol. The summed E-state index contributed by atoms with van der Waals surface area (Å²) < 4.78 is 4.59. The number of carbonyl (C=O) groups is 1. The summed E-state index contributed by atoms with van der Waals surface area (Å²) in [5, 5.41) is 17.9. The van der Waals surface area contributed by atoms with Crippen LogP contribution in [-0.2, 0) is 4.74 Å². The Hall–Kier alpha value is -2.42. The van der Waals surface area contributed by atoms with Gasteiger partial charge in [0.1, 0.15) is 5.82 Å². The molecule has 0 amide bonds. The Bertz CT molecular complexity index is 670. The second kappa shape index (κ2) is 5.70. The number of nitrogens with zero attached hydrogens (tertiary/aromatic N) is 3. The molecule has 0 bridgehead atoms. The zero-order valence-electron chi connectivity index (χ0n) is 10.6. The molecule has 1 N–H and O–H groups in total. The molecule has 0 aliphatic heterocycles. The van der Waals surface area contributed by atoms with Gasteiger partial charge in [-0.3, -0.25) is 15.2 Å². The Labute approximate surface area is 117 Å². The molecule has 0 fully saturated rings. The van der Waals surface area contributed by atoms with Crippen molar-refractivity contribution in [2.24, 2.45) is 0 Å². The molecule has 0 spiro atoms. The maximum Gasteiger partial charge on any atom is 0.337 e. The van der Waals surface area contributed by atoms with Crippen LogP contribution in [0.5, 0.6) is 0 Å². The maximum absolute atomic E-state index is 11.5. The van der Waals surface area contributed by atoms with Crippen molar-refractivity contribution in [1.82, 2.24) is 15.2 Å². The van der Waals surface area contributed by atoms with Crippen LogP contribution in [-0.4, -0.2) is 33.2 Å². The molecular weight excluding hydrogens is 284 g/mol. The van der Waals surface area contributed by atoms with Crippen molar-refractivity contribution >= 4 is 23.4 Å². The molecule has 104 valence electrons. The number of rotatable bonds is 4. The number of aromatic amines is 1. The summed E-state index contributed by atoms with van der Waals surface area (Å²) in [6, 6.07) is 3.99. The van der Waals surface area contributed by atoms with Crippen LogP contribution in [0, 0.1) is 17.0 Å². The van der Waals surface area contributed by atoms with Crippen LogP contribution >= 0.6 is 11.8 Å². The third-order valence-electron chi connectivity index (χ3n) is 2.36. The van der Waals surface area contributed by atoms with E-state index in [1.54, 1.807) is 6.92 Å². The van der Waals surface area contributed by atoms with Crippen LogP contribution < -0.4 is 0 Å². The average molecular weight is 294 g/mol. The van der Waals surface area contributed by atoms with Crippen LogP contribution in [0.15, 0.2) is 28.3 Å². The van der Waals surface area contributed by atoms with Crippen LogP contribution in [0.25, 0.3) is 0 Å². The van der Waals surface area contributed by atoms with Gasteiger partial charge in [-0.2, -0.15) is 0 Å². The van der Waals surface area contributed by atoms with Crippen LogP contribution in [0.1, 0.15) is 16.2 Å². The Balaban J connectivity index is 2.41. The summed E-state index contributed by atoms with van der Waals surface area (Å²) in [4.78, 5) is 26.3. The minimum Gasteiger partial charge on any atom is -0.465 e. The van der Waals surface area contributed by atoms with Gasteiger partial charge in [-0.15, -0.1) is 5.10 Å². The van der Waals surface area contributed by atoms with Gasteiger partial charge in [0.2, 0.25) is 5.16 Å². The number of aromatic nitrogens is 3. The minimum absolute atomic E-state index is 0.120. The highest BCUT2D eigenvalue weighted by Gasteiger charge is 2.19. The highest BCUT2D eigenvalue weighted by Crippen LogP contribution is 2.33. The number of hydrogen-bond donors (Lipinski definition) is 1. The predicted octanol–water partition coefficient (Wildman–Crippen LogP) is 1.96. The lowest BCUT2D eigenvalue weighted by molar-refractivity contribution is -0.387. The molecule has 0 unspecified atom stereocenters. The number of esters is 1. The fourth-order valence-electron chi connectivity index (χ4n) is 1.46. The summed E-state index contributed by atoms with van der Waals surface area (Å²) in [6.45, 7) is 1.72. The fraction of sp³-hybridized carbons (Fsp3) is 0.182. The summed E-state index contributed by atoms with van der Waals surface area (Å²) in [5.74, 6) is 0.0344. The summed E-state index contributed by atoms with van der Waals surface area (Å²) in [5.41, 5.74) is 0.109. The minimum atomic E-state index is -0.562. The quantitative estimate of drug-likeness (QED) is 0.521. The molecule has 0 saturated heterocycles.